The highest BCUT2D eigenvalue weighted by Gasteiger charge is 2.23. The van der Waals surface area contributed by atoms with E-state index in [1.807, 2.05) is 30.3 Å². The maximum atomic E-state index is 12.1. The van der Waals surface area contributed by atoms with Crippen molar-refractivity contribution in [3.8, 4) is 0 Å². The van der Waals surface area contributed by atoms with Crippen molar-refractivity contribution in [3.05, 3.63) is 66.2 Å². The molecule has 0 bridgehead atoms. The highest BCUT2D eigenvalue weighted by molar-refractivity contribution is 8.00. The molecule has 0 saturated carbocycles. The Kier molecular flexibility index (Phi) is 7.23. The number of hydrogen-bond acceptors (Lipinski definition) is 5. The summed E-state index contributed by atoms with van der Waals surface area (Å²) in [4.78, 5) is 36.9. The minimum Gasteiger partial charge on any atom is -0.452 e. The molecule has 26 heavy (non-hydrogen) atoms. The molecule has 0 aliphatic heterocycles. The number of nitrogens with one attached hydrogen (secondary N) is 2. The van der Waals surface area contributed by atoms with Gasteiger partial charge in [-0.3, -0.25) is 25.2 Å². The lowest BCUT2D eigenvalue weighted by Crippen LogP contribution is -2.47. The molecular formula is C19H20N2O4S. The predicted octanol–water partition coefficient (Wildman–Crippen LogP) is 2.56. The summed E-state index contributed by atoms with van der Waals surface area (Å²) in [6.07, 6.45) is -1.03. The lowest BCUT2D eigenvalue weighted by molar-refractivity contribution is -0.154. The Morgan fingerprint density at radius 2 is 1.46 bits per heavy atom. The van der Waals surface area contributed by atoms with Crippen LogP contribution in [0.1, 0.15) is 24.2 Å². The molecule has 0 aromatic heterocycles. The van der Waals surface area contributed by atoms with Gasteiger partial charge in [0.05, 0.1) is 0 Å². The Hall–Kier alpha value is -2.80. The molecule has 0 spiro atoms. The van der Waals surface area contributed by atoms with Gasteiger partial charge in [-0.2, -0.15) is 0 Å². The molecule has 2 aromatic rings. The first-order valence-electron chi connectivity index (χ1n) is 8.05. The molecule has 0 radical (unpaired) electrons. The number of carbonyl (C=O) groups is 3. The summed E-state index contributed by atoms with van der Waals surface area (Å²) in [7, 11) is 0. The van der Waals surface area contributed by atoms with Crippen LogP contribution in [-0.2, 0) is 14.3 Å². The second-order valence-electron chi connectivity index (χ2n) is 5.46. The number of benzene rings is 2. The molecule has 0 saturated heterocycles. The van der Waals surface area contributed by atoms with Gasteiger partial charge in [-0.15, -0.1) is 11.8 Å². The van der Waals surface area contributed by atoms with Crippen LogP contribution >= 0.6 is 11.8 Å². The van der Waals surface area contributed by atoms with Crippen molar-refractivity contribution in [3.63, 3.8) is 0 Å². The summed E-state index contributed by atoms with van der Waals surface area (Å²) in [5.41, 5.74) is 4.95. The van der Waals surface area contributed by atoms with Crippen LogP contribution in [0.4, 0.5) is 0 Å². The van der Waals surface area contributed by atoms with Crippen LogP contribution in [0, 0.1) is 0 Å². The minimum absolute atomic E-state index is 0.408. The van der Waals surface area contributed by atoms with E-state index >= 15 is 0 Å². The maximum Gasteiger partial charge on any atom is 0.319 e. The van der Waals surface area contributed by atoms with Crippen molar-refractivity contribution in [2.45, 2.75) is 30.1 Å². The fraction of sp³-hybridized carbons (Fsp3) is 0.211. The van der Waals surface area contributed by atoms with Crippen LogP contribution in [-0.4, -0.2) is 29.1 Å². The van der Waals surface area contributed by atoms with Gasteiger partial charge in [0.2, 0.25) is 0 Å². The van der Waals surface area contributed by atoms with E-state index < -0.39 is 29.1 Å². The number of hydrogen-bond donors (Lipinski definition) is 2. The average Bonchev–Trinajstić information content (AvgIpc) is 2.67. The molecule has 136 valence electrons. The number of amides is 2. The molecule has 0 unspecified atom stereocenters. The normalized spacial score (nSPS) is 12.5. The van der Waals surface area contributed by atoms with Crippen LogP contribution in [0.2, 0.25) is 0 Å². The monoisotopic (exact) mass is 372 g/mol. The average molecular weight is 372 g/mol. The molecule has 2 amide bonds. The Morgan fingerprint density at radius 1 is 0.885 bits per heavy atom. The summed E-state index contributed by atoms with van der Waals surface area (Å²) in [5, 5.41) is -0.466. The van der Waals surface area contributed by atoms with E-state index in [1.165, 1.54) is 18.7 Å². The highest BCUT2D eigenvalue weighted by Crippen LogP contribution is 2.23. The fourth-order valence-electron chi connectivity index (χ4n) is 1.96. The molecular weight excluding hydrogens is 352 g/mol. The van der Waals surface area contributed by atoms with Crippen molar-refractivity contribution in [1.82, 2.24) is 10.9 Å². The van der Waals surface area contributed by atoms with Crippen LogP contribution in [0.15, 0.2) is 65.6 Å². The maximum absolute atomic E-state index is 12.1. The van der Waals surface area contributed by atoms with Crippen molar-refractivity contribution < 1.29 is 19.1 Å². The van der Waals surface area contributed by atoms with E-state index in [2.05, 4.69) is 10.9 Å². The van der Waals surface area contributed by atoms with Crippen molar-refractivity contribution in [1.29, 1.82) is 0 Å². The third kappa shape index (κ3) is 5.93. The number of carbonyl (C=O) groups excluding carboxylic acids is 3. The smallest absolute Gasteiger partial charge is 0.319 e. The topological polar surface area (TPSA) is 84.5 Å². The van der Waals surface area contributed by atoms with Gasteiger partial charge in [-0.05, 0) is 38.1 Å². The van der Waals surface area contributed by atoms with Crippen LogP contribution in [0.25, 0.3) is 0 Å². The second kappa shape index (κ2) is 9.62. The SMILES string of the molecule is C[C@H](OC(=O)[C@@H](C)Sc1ccccc1)C(=O)NNC(=O)c1ccccc1. The van der Waals surface area contributed by atoms with Gasteiger partial charge in [0, 0.05) is 10.5 Å². The van der Waals surface area contributed by atoms with Gasteiger partial charge in [-0.25, -0.2) is 0 Å². The first-order chi connectivity index (χ1) is 12.5. The molecule has 0 heterocycles. The lowest BCUT2D eigenvalue weighted by Gasteiger charge is -2.16. The number of esters is 1. The van der Waals surface area contributed by atoms with E-state index in [9.17, 15) is 14.4 Å². The van der Waals surface area contributed by atoms with Crippen LogP contribution in [0.5, 0.6) is 0 Å². The van der Waals surface area contributed by atoms with E-state index in [1.54, 1.807) is 37.3 Å². The molecule has 0 fully saturated rings. The van der Waals surface area contributed by atoms with Gasteiger partial charge in [-0.1, -0.05) is 36.4 Å². The molecule has 7 heteroatoms. The molecule has 2 N–H and O–H groups in total. The minimum atomic E-state index is -1.03. The lowest BCUT2D eigenvalue weighted by atomic mass is 10.2. The largest absolute Gasteiger partial charge is 0.452 e. The fourth-order valence-corrected chi connectivity index (χ4v) is 2.83. The molecule has 2 rings (SSSR count). The third-order valence-electron chi connectivity index (χ3n) is 3.39. The summed E-state index contributed by atoms with van der Waals surface area (Å²) < 4.78 is 5.16. The van der Waals surface area contributed by atoms with E-state index in [0.29, 0.717) is 5.56 Å². The number of hydrazine groups is 1. The van der Waals surface area contributed by atoms with Gasteiger partial charge < -0.3 is 4.74 Å². The highest BCUT2D eigenvalue weighted by atomic mass is 32.2. The van der Waals surface area contributed by atoms with Crippen molar-refractivity contribution in [2.24, 2.45) is 0 Å². The number of ether oxygens (including phenoxy) is 1. The van der Waals surface area contributed by atoms with Crippen molar-refractivity contribution >= 4 is 29.5 Å². The standard InChI is InChI=1S/C19H20N2O4S/c1-13(17(22)20-21-18(23)15-9-5-3-6-10-15)25-19(24)14(2)26-16-11-7-4-8-12-16/h3-14H,1-2H3,(H,20,22)(H,21,23)/t13-,14+/m0/s1. The Bertz CT molecular complexity index is 753. The summed E-state index contributed by atoms with van der Waals surface area (Å²) in [6, 6.07) is 17.9. The first-order valence-corrected chi connectivity index (χ1v) is 8.93. The summed E-state index contributed by atoms with van der Waals surface area (Å²) in [6.45, 7) is 3.16. The molecule has 2 aromatic carbocycles. The first kappa shape index (κ1) is 19.5. The van der Waals surface area contributed by atoms with Gasteiger partial charge >= 0.3 is 5.97 Å². The molecule has 6 nitrogen and oxygen atoms in total. The van der Waals surface area contributed by atoms with Gasteiger partial charge in [0.25, 0.3) is 11.8 Å². The summed E-state index contributed by atoms with van der Waals surface area (Å²) >= 11 is 1.34. The third-order valence-corrected chi connectivity index (χ3v) is 4.48. The Balaban J connectivity index is 1.78. The predicted molar refractivity (Wildman–Crippen MR) is 99.4 cm³/mol. The van der Waals surface area contributed by atoms with E-state index in [-0.39, 0.29) is 0 Å². The van der Waals surface area contributed by atoms with E-state index in [0.717, 1.165) is 4.90 Å². The molecule has 2 atom stereocenters. The zero-order valence-electron chi connectivity index (χ0n) is 14.5. The zero-order chi connectivity index (χ0) is 18.9. The van der Waals surface area contributed by atoms with Crippen LogP contribution < -0.4 is 10.9 Å². The second-order valence-corrected chi connectivity index (χ2v) is 6.88. The molecule has 0 aliphatic rings. The quantitative estimate of drug-likeness (QED) is 0.462. The van der Waals surface area contributed by atoms with Gasteiger partial charge in [0.1, 0.15) is 5.25 Å². The number of rotatable bonds is 6. The van der Waals surface area contributed by atoms with Crippen LogP contribution in [0.3, 0.4) is 0 Å². The van der Waals surface area contributed by atoms with Gasteiger partial charge in [0.15, 0.2) is 6.10 Å². The summed E-state index contributed by atoms with van der Waals surface area (Å²) in [5.74, 6) is -1.57. The zero-order valence-corrected chi connectivity index (χ0v) is 15.3. The van der Waals surface area contributed by atoms with Crippen molar-refractivity contribution in [2.75, 3.05) is 0 Å². The number of thioether (sulfide) groups is 1. The Labute approximate surface area is 156 Å². The van der Waals surface area contributed by atoms with E-state index in [4.69, 9.17) is 4.74 Å². The molecule has 0 aliphatic carbocycles. The Morgan fingerprint density at radius 3 is 2.08 bits per heavy atom.